The summed E-state index contributed by atoms with van der Waals surface area (Å²) in [6.07, 6.45) is 10.6. The Morgan fingerprint density at radius 3 is 2.85 bits per heavy atom. The topological polar surface area (TPSA) is 20.2 Å². The van der Waals surface area contributed by atoms with E-state index in [0.717, 1.165) is 19.3 Å². The number of benzene rings is 1. The van der Waals surface area contributed by atoms with Crippen molar-refractivity contribution in [1.29, 1.82) is 0 Å². The van der Waals surface area contributed by atoms with Crippen LogP contribution in [0.2, 0.25) is 0 Å². The molecule has 1 fully saturated rings. The minimum absolute atomic E-state index is 0.401. The van der Waals surface area contributed by atoms with Crippen LogP contribution in [-0.4, -0.2) is 10.7 Å². The second kappa shape index (κ2) is 5.89. The molecule has 0 bridgehead atoms. The first-order valence-corrected chi connectivity index (χ1v) is 8.53. The van der Waals surface area contributed by atoms with Crippen molar-refractivity contribution < 1.29 is 5.11 Å². The summed E-state index contributed by atoms with van der Waals surface area (Å²) in [6.45, 7) is 2.25. The van der Waals surface area contributed by atoms with Gasteiger partial charge in [0.2, 0.25) is 0 Å². The Hall–Kier alpha value is -0.820. The molecule has 110 valence electrons. The van der Waals surface area contributed by atoms with E-state index in [1.165, 1.54) is 49.7 Å². The molecule has 0 spiro atoms. The quantitative estimate of drug-likeness (QED) is 0.835. The predicted octanol–water partition coefficient (Wildman–Crippen LogP) is 4.83. The van der Waals surface area contributed by atoms with Crippen LogP contribution in [-0.2, 0) is 6.42 Å². The van der Waals surface area contributed by atoms with Gasteiger partial charge in [0.15, 0.2) is 0 Å². The van der Waals surface area contributed by atoms with Crippen molar-refractivity contribution in [3.8, 4) is 0 Å². The van der Waals surface area contributed by atoms with Gasteiger partial charge in [0.05, 0.1) is 5.60 Å². The summed E-state index contributed by atoms with van der Waals surface area (Å²) in [5, 5.41) is 11.2. The predicted molar refractivity (Wildman–Crippen MR) is 83.9 cm³/mol. The molecule has 0 saturated heterocycles. The fraction of sp³-hybridized carbons (Fsp3) is 0.684. The maximum Gasteiger partial charge on any atom is 0.0681 e. The molecular formula is C19H28O. The van der Waals surface area contributed by atoms with Gasteiger partial charge in [0.25, 0.3) is 0 Å². The lowest BCUT2D eigenvalue weighted by molar-refractivity contribution is -0.0621. The third kappa shape index (κ3) is 2.65. The van der Waals surface area contributed by atoms with E-state index in [1.807, 2.05) is 0 Å². The number of aryl methyl sites for hydroxylation is 1. The summed E-state index contributed by atoms with van der Waals surface area (Å²) in [5.41, 5.74) is 2.64. The van der Waals surface area contributed by atoms with Gasteiger partial charge >= 0.3 is 0 Å². The first-order valence-electron chi connectivity index (χ1n) is 8.53. The highest BCUT2D eigenvalue weighted by molar-refractivity contribution is 5.33. The van der Waals surface area contributed by atoms with Crippen molar-refractivity contribution in [2.45, 2.75) is 76.2 Å². The molecule has 1 N–H and O–H groups in total. The molecule has 1 heteroatoms. The fourth-order valence-electron chi connectivity index (χ4n) is 4.64. The molecule has 0 aromatic heterocycles. The maximum absolute atomic E-state index is 11.2. The van der Waals surface area contributed by atoms with Crippen LogP contribution in [0.3, 0.4) is 0 Å². The molecule has 1 aromatic rings. The van der Waals surface area contributed by atoms with E-state index in [-0.39, 0.29) is 0 Å². The van der Waals surface area contributed by atoms with Gasteiger partial charge in [0.1, 0.15) is 0 Å². The molecule has 1 nitrogen and oxygen atoms in total. The van der Waals surface area contributed by atoms with E-state index in [4.69, 9.17) is 0 Å². The molecule has 1 aromatic carbocycles. The third-order valence-electron chi connectivity index (χ3n) is 5.76. The molecule has 0 amide bonds. The van der Waals surface area contributed by atoms with Crippen LogP contribution < -0.4 is 0 Å². The zero-order valence-corrected chi connectivity index (χ0v) is 12.8. The number of aliphatic hydroxyl groups is 1. The Bertz CT molecular complexity index is 453. The van der Waals surface area contributed by atoms with E-state index >= 15 is 0 Å². The largest absolute Gasteiger partial charge is 0.390 e. The summed E-state index contributed by atoms with van der Waals surface area (Å²) in [4.78, 5) is 0. The molecule has 1 saturated carbocycles. The van der Waals surface area contributed by atoms with E-state index < -0.39 is 5.60 Å². The third-order valence-corrected chi connectivity index (χ3v) is 5.76. The van der Waals surface area contributed by atoms with Crippen molar-refractivity contribution in [1.82, 2.24) is 0 Å². The van der Waals surface area contributed by atoms with Crippen LogP contribution in [0.1, 0.15) is 75.3 Å². The zero-order chi connectivity index (χ0) is 14.0. The van der Waals surface area contributed by atoms with Gasteiger partial charge in [-0.3, -0.25) is 0 Å². The van der Waals surface area contributed by atoms with Crippen LogP contribution in [0.4, 0.5) is 0 Å². The average molecular weight is 272 g/mol. The molecule has 3 atom stereocenters. The van der Waals surface area contributed by atoms with Gasteiger partial charge in [-0.2, -0.15) is 0 Å². The molecule has 0 heterocycles. The summed E-state index contributed by atoms with van der Waals surface area (Å²) in [5.74, 6) is 1.10. The van der Waals surface area contributed by atoms with Crippen molar-refractivity contribution in [2.24, 2.45) is 5.92 Å². The molecule has 0 radical (unpaired) electrons. The monoisotopic (exact) mass is 272 g/mol. The second-order valence-corrected chi connectivity index (χ2v) is 6.95. The van der Waals surface area contributed by atoms with Crippen molar-refractivity contribution in [3.05, 3.63) is 35.4 Å². The number of rotatable bonds is 3. The standard InChI is InChI=1S/C19H28O/c1-2-17-11-5-6-13-19(17,20)14-16-10-7-9-15-8-3-4-12-18(15)16/h3-4,8,12,16-17,20H,2,5-7,9-11,13-14H2,1H3. The minimum Gasteiger partial charge on any atom is -0.390 e. The van der Waals surface area contributed by atoms with E-state index in [9.17, 15) is 5.11 Å². The molecule has 3 rings (SSSR count). The van der Waals surface area contributed by atoms with Gasteiger partial charge in [-0.15, -0.1) is 0 Å². The molecular weight excluding hydrogens is 244 g/mol. The van der Waals surface area contributed by atoms with Gasteiger partial charge in [-0.05, 0) is 61.5 Å². The summed E-state index contributed by atoms with van der Waals surface area (Å²) in [7, 11) is 0. The van der Waals surface area contributed by atoms with Crippen LogP contribution >= 0.6 is 0 Å². The minimum atomic E-state index is -0.401. The molecule has 3 unspecified atom stereocenters. The molecule has 2 aliphatic carbocycles. The molecule has 20 heavy (non-hydrogen) atoms. The first-order chi connectivity index (χ1) is 9.73. The number of fused-ring (bicyclic) bond motifs is 1. The Morgan fingerprint density at radius 2 is 2.00 bits per heavy atom. The highest BCUT2D eigenvalue weighted by Gasteiger charge is 2.40. The fourth-order valence-corrected chi connectivity index (χ4v) is 4.64. The van der Waals surface area contributed by atoms with Crippen LogP contribution in [0.5, 0.6) is 0 Å². The lowest BCUT2D eigenvalue weighted by atomic mass is 9.67. The van der Waals surface area contributed by atoms with Crippen LogP contribution in [0.25, 0.3) is 0 Å². The molecule has 2 aliphatic rings. The van der Waals surface area contributed by atoms with Crippen LogP contribution in [0, 0.1) is 5.92 Å². The smallest absolute Gasteiger partial charge is 0.0681 e. The normalized spacial score (nSPS) is 33.7. The Morgan fingerprint density at radius 1 is 1.15 bits per heavy atom. The highest BCUT2D eigenvalue weighted by Crippen LogP contribution is 2.45. The van der Waals surface area contributed by atoms with Crippen molar-refractivity contribution in [3.63, 3.8) is 0 Å². The van der Waals surface area contributed by atoms with Gasteiger partial charge in [-0.25, -0.2) is 0 Å². The van der Waals surface area contributed by atoms with Gasteiger partial charge in [0, 0.05) is 0 Å². The van der Waals surface area contributed by atoms with E-state index in [1.54, 1.807) is 0 Å². The number of hydrogen-bond acceptors (Lipinski definition) is 1. The Kier molecular flexibility index (Phi) is 4.16. The SMILES string of the molecule is CCC1CCCCC1(O)CC1CCCc2ccccc21. The Balaban J connectivity index is 1.80. The molecule has 0 aliphatic heterocycles. The van der Waals surface area contributed by atoms with E-state index in [2.05, 4.69) is 31.2 Å². The lowest BCUT2D eigenvalue weighted by Gasteiger charge is -2.43. The van der Waals surface area contributed by atoms with E-state index in [0.29, 0.717) is 11.8 Å². The maximum atomic E-state index is 11.2. The zero-order valence-electron chi connectivity index (χ0n) is 12.8. The first kappa shape index (κ1) is 14.1. The van der Waals surface area contributed by atoms with Gasteiger partial charge < -0.3 is 5.11 Å². The summed E-state index contributed by atoms with van der Waals surface area (Å²) in [6, 6.07) is 8.90. The van der Waals surface area contributed by atoms with Crippen molar-refractivity contribution in [2.75, 3.05) is 0 Å². The summed E-state index contributed by atoms with van der Waals surface area (Å²) < 4.78 is 0. The van der Waals surface area contributed by atoms with Crippen LogP contribution in [0.15, 0.2) is 24.3 Å². The highest BCUT2D eigenvalue weighted by atomic mass is 16.3. The Labute approximate surface area is 123 Å². The number of hydrogen-bond donors (Lipinski definition) is 1. The average Bonchev–Trinajstić information content (AvgIpc) is 2.48. The van der Waals surface area contributed by atoms with Crippen molar-refractivity contribution >= 4 is 0 Å². The second-order valence-electron chi connectivity index (χ2n) is 6.95. The lowest BCUT2D eigenvalue weighted by Crippen LogP contribution is -2.42. The summed E-state index contributed by atoms with van der Waals surface area (Å²) >= 11 is 0. The van der Waals surface area contributed by atoms with Gasteiger partial charge in [-0.1, -0.05) is 50.5 Å².